The molecule has 0 aliphatic rings. The van der Waals surface area contributed by atoms with Gasteiger partial charge in [-0.1, -0.05) is 159 Å². The monoisotopic (exact) mass is 470 g/mol. The smallest absolute Gasteiger partial charge is 0.0151 e. The molecule has 0 atom stereocenters. The summed E-state index contributed by atoms with van der Waals surface area (Å²) in [6.45, 7) is 0. The van der Waals surface area contributed by atoms with Gasteiger partial charge in [0.25, 0.3) is 0 Å². The van der Waals surface area contributed by atoms with Crippen molar-refractivity contribution in [2.45, 2.75) is 51.4 Å². The lowest BCUT2D eigenvalue weighted by Gasteiger charge is -2.09. The van der Waals surface area contributed by atoms with Crippen molar-refractivity contribution >= 4 is 11.1 Å². The first-order valence-corrected chi connectivity index (χ1v) is 13.5. The van der Waals surface area contributed by atoms with E-state index in [0.29, 0.717) is 0 Å². The minimum atomic E-state index is 1.14. The number of allylic oxidation sites excluding steroid dienone is 2. The van der Waals surface area contributed by atoms with Crippen LogP contribution in [0.3, 0.4) is 0 Å². The maximum atomic E-state index is 2.43. The maximum Gasteiger partial charge on any atom is -0.0151 e. The first kappa shape index (κ1) is 25.5. The van der Waals surface area contributed by atoms with E-state index >= 15 is 0 Å². The number of hydrogen-bond donors (Lipinski definition) is 0. The Kier molecular flexibility index (Phi) is 10.4. The van der Waals surface area contributed by atoms with Crippen molar-refractivity contribution in [3.63, 3.8) is 0 Å². The molecule has 0 aliphatic heterocycles. The van der Waals surface area contributed by atoms with Gasteiger partial charge in [0.1, 0.15) is 0 Å². The van der Waals surface area contributed by atoms with E-state index in [9.17, 15) is 0 Å². The molecule has 0 amide bonds. The first-order valence-electron chi connectivity index (χ1n) is 13.5. The molecule has 4 rings (SSSR count). The Labute approximate surface area is 218 Å². The zero-order valence-corrected chi connectivity index (χ0v) is 21.4. The summed E-state index contributed by atoms with van der Waals surface area (Å²) in [5.41, 5.74) is 7.94. The van der Waals surface area contributed by atoms with Gasteiger partial charge in [0.2, 0.25) is 0 Å². The Balaban J connectivity index is 1.20. The number of benzene rings is 4. The Hall–Kier alpha value is -3.64. The van der Waals surface area contributed by atoms with Crippen LogP contribution in [-0.4, -0.2) is 0 Å². The van der Waals surface area contributed by atoms with E-state index in [2.05, 4.69) is 133 Å². The molecule has 0 aliphatic carbocycles. The summed E-state index contributed by atoms with van der Waals surface area (Å²) >= 11 is 0. The molecule has 0 fully saturated rings. The quantitative estimate of drug-likeness (QED) is 0.170. The van der Waals surface area contributed by atoms with E-state index in [4.69, 9.17) is 0 Å². The predicted octanol–water partition coefficient (Wildman–Crippen LogP) is 10.4. The molecule has 36 heavy (non-hydrogen) atoms. The third-order valence-electron chi connectivity index (χ3n) is 6.69. The van der Waals surface area contributed by atoms with Gasteiger partial charge in [0.15, 0.2) is 0 Å². The van der Waals surface area contributed by atoms with Crippen LogP contribution in [0.1, 0.15) is 73.6 Å². The minimum absolute atomic E-state index is 1.14. The zero-order chi connectivity index (χ0) is 24.7. The second-order valence-electron chi connectivity index (χ2n) is 9.40. The summed E-state index contributed by atoms with van der Waals surface area (Å²) in [7, 11) is 0. The van der Waals surface area contributed by atoms with Gasteiger partial charge in [-0.25, -0.2) is 0 Å². The summed E-state index contributed by atoms with van der Waals surface area (Å²) < 4.78 is 0. The van der Waals surface area contributed by atoms with Gasteiger partial charge in [-0.2, -0.15) is 0 Å². The lowest BCUT2D eigenvalue weighted by atomic mass is 9.96. The standard InChI is InChI=1S/C36H38/c1(3-5-19-29-35(31-21-11-7-12-22-31)32-23-13-8-14-24-32)2-4-6-20-30-36(33-25-15-9-16-26-33)34-27-17-10-18-28-34/h7-18,21-30H,1-6,19-20H2. The largest absolute Gasteiger partial charge is 0.0761 e. The van der Waals surface area contributed by atoms with Crippen LogP contribution in [0.2, 0.25) is 0 Å². The molecule has 0 spiro atoms. The lowest BCUT2D eigenvalue weighted by Crippen LogP contribution is -1.88. The molecule has 4 aromatic rings. The number of hydrogen-bond acceptors (Lipinski definition) is 0. The highest BCUT2D eigenvalue weighted by molar-refractivity contribution is 5.80. The molecule has 182 valence electrons. The summed E-state index contributed by atoms with van der Waals surface area (Å²) in [4.78, 5) is 0. The van der Waals surface area contributed by atoms with Gasteiger partial charge >= 0.3 is 0 Å². The zero-order valence-electron chi connectivity index (χ0n) is 21.4. The Morgan fingerprint density at radius 1 is 0.333 bits per heavy atom. The van der Waals surface area contributed by atoms with Crippen LogP contribution in [-0.2, 0) is 0 Å². The maximum absolute atomic E-state index is 2.43. The minimum Gasteiger partial charge on any atom is -0.0761 e. The second-order valence-corrected chi connectivity index (χ2v) is 9.40. The van der Waals surface area contributed by atoms with E-state index in [1.54, 1.807) is 0 Å². The lowest BCUT2D eigenvalue weighted by molar-refractivity contribution is 0.600. The Morgan fingerprint density at radius 3 is 0.861 bits per heavy atom. The van der Waals surface area contributed by atoms with Crippen LogP contribution >= 0.6 is 0 Å². The average molecular weight is 471 g/mol. The van der Waals surface area contributed by atoms with Crippen molar-refractivity contribution < 1.29 is 0 Å². The van der Waals surface area contributed by atoms with Crippen molar-refractivity contribution in [2.75, 3.05) is 0 Å². The molecule has 0 heteroatoms. The van der Waals surface area contributed by atoms with Crippen LogP contribution in [0, 0.1) is 0 Å². The van der Waals surface area contributed by atoms with Crippen LogP contribution in [0.15, 0.2) is 133 Å². The molecular formula is C36H38. The molecule has 0 unspecified atom stereocenters. The Bertz CT molecular complexity index is 1000. The third-order valence-corrected chi connectivity index (χ3v) is 6.69. The average Bonchev–Trinajstić information content (AvgIpc) is 2.96. The highest BCUT2D eigenvalue weighted by Crippen LogP contribution is 2.26. The Morgan fingerprint density at radius 2 is 0.583 bits per heavy atom. The van der Waals surface area contributed by atoms with Crippen LogP contribution in [0.25, 0.3) is 11.1 Å². The molecule has 0 radical (unpaired) electrons. The number of unbranched alkanes of at least 4 members (excludes halogenated alkanes) is 7. The summed E-state index contributed by atoms with van der Waals surface area (Å²) in [6, 6.07) is 43.1. The number of rotatable bonds is 13. The van der Waals surface area contributed by atoms with E-state index in [1.165, 1.54) is 71.9 Å². The van der Waals surface area contributed by atoms with Crippen molar-refractivity contribution in [3.05, 3.63) is 156 Å². The summed E-state index contributed by atoms with van der Waals surface area (Å²) in [5.74, 6) is 0. The normalized spacial score (nSPS) is 10.6. The molecule has 0 saturated carbocycles. The van der Waals surface area contributed by atoms with Gasteiger partial charge in [0.05, 0.1) is 0 Å². The van der Waals surface area contributed by atoms with Gasteiger partial charge < -0.3 is 0 Å². The molecule has 0 saturated heterocycles. The van der Waals surface area contributed by atoms with Gasteiger partial charge in [-0.3, -0.25) is 0 Å². The van der Waals surface area contributed by atoms with E-state index in [0.717, 1.165) is 12.8 Å². The molecule has 0 heterocycles. The highest BCUT2D eigenvalue weighted by atomic mass is 14.1. The van der Waals surface area contributed by atoms with Crippen molar-refractivity contribution in [1.29, 1.82) is 0 Å². The van der Waals surface area contributed by atoms with Crippen molar-refractivity contribution in [1.82, 2.24) is 0 Å². The summed E-state index contributed by atoms with van der Waals surface area (Å²) in [5, 5.41) is 0. The predicted molar refractivity (Wildman–Crippen MR) is 157 cm³/mol. The van der Waals surface area contributed by atoms with Crippen LogP contribution in [0.5, 0.6) is 0 Å². The first-order chi connectivity index (χ1) is 17.9. The molecule has 0 N–H and O–H groups in total. The van der Waals surface area contributed by atoms with Gasteiger partial charge in [-0.15, -0.1) is 0 Å². The van der Waals surface area contributed by atoms with E-state index < -0.39 is 0 Å². The van der Waals surface area contributed by atoms with E-state index in [-0.39, 0.29) is 0 Å². The molecule has 0 aromatic heterocycles. The SMILES string of the molecule is C(CCCCCCCCC=C(c1ccccc1)c1ccccc1)=C(c1ccccc1)c1ccccc1. The van der Waals surface area contributed by atoms with Gasteiger partial charge in [0, 0.05) is 0 Å². The summed E-state index contributed by atoms with van der Waals surface area (Å²) in [6.07, 6.45) is 14.9. The van der Waals surface area contributed by atoms with Crippen molar-refractivity contribution in [3.8, 4) is 0 Å². The van der Waals surface area contributed by atoms with E-state index in [1.807, 2.05) is 0 Å². The fourth-order valence-electron chi connectivity index (χ4n) is 4.76. The molecule has 0 nitrogen and oxygen atoms in total. The van der Waals surface area contributed by atoms with Gasteiger partial charge in [-0.05, 0) is 59.1 Å². The topological polar surface area (TPSA) is 0 Å². The van der Waals surface area contributed by atoms with Crippen LogP contribution in [0.4, 0.5) is 0 Å². The highest BCUT2D eigenvalue weighted by Gasteiger charge is 2.05. The fourth-order valence-corrected chi connectivity index (χ4v) is 4.76. The fraction of sp³-hybridized carbons (Fsp3) is 0.222. The van der Waals surface area contributed by atoms with Crippen LogP contribution < -0.4 is 0 Å². The molecule has 4 aromatic carbocycles. The molecule has 0 bridgehead atoms. The van der Waals surface area contributed by atoms with Crippen molar-refractivity contribution in [2.24, 2.45) is 0 Å². The molecular weight excluding hydrogens is 432 g/mol. The second kappa shape index (κ2) is 14.7. The third kappa shape index (κ3) is 7.95.